The smallest absolute Gasteiger partial charge is 0.226 e. The van der Waals surface area contributed by atoms with E-state index in [1.165, 1.54) is 30.2 Å². The molecule has 4 heteroatoms. The van der Waals surface area contributed by atoms with Gasteiger partial charge in [0.1, 0.15) is 12.4 Å². The molecule has 4 saturated carbocycles. The normalized spacial score (nSPS) is 28.2. The van der Waals surface area contributed by atoms with Crippen LogP contribution in [0.2, 0.25) is 0 Å². The summed E-state index contributed by atoms with van der Waals surface area (Å²) in [6.45, 7) is 1.27. The Labute approximate surface area is 189 Å². The number of rotatable bonds is 7. The first-order chi connectivity index (χ1) is 15.7. The van der Waals surface area contributed by atoms with E-state index in [-0.39, 0.29) is 5.41 Å². The van der Waals surface area contributed by atoms with Crippen LogP contribution < -0.4 is 10.1 Å². The van der Waals surface area contributed by atoms with Gasteiger partial charge in [-0.05, 0) is 86.0 Å². The molecule has 7 rings (SSSR count). The van der Waals surface area contributed by atoms with Gasteiger partial charge in [-0.2, -0.15) is 0 Å². The van der Waals surface area contributed by atoms with Crippen LogP contribution in [0.15, 0.2) is 54.7 Å². The molecular formula is C28H32N2O2. The number of aromatic nitrogens is 1. The molecule has 0 aliphatic heterocycles. The number of carbonyl (C=O) groups excluding carboxylic acids is 1. The third-order valence-electron chi connectivity index (χ3n) is 8.19. The molecule has 4 nitrogen and oxygen atoms in total. The van der Waals surface area contributed by atoms with Crippen LogP contribution in [0.3, 0.4) is 0 Å². The summed E-state index contributed by atoms with van der Waals surface area (Å²) in [7, 11) is 0. The van der Waals surface area contributed by atoms with Crippen LogP contribution in [0.1, 0.15) is 49.7 Å². The largest absolute Gasteiger partial charge is 0.489 e. The molecule has 4 aliphatic rings. The van der Waals surface area contributed by atoms with Crippen molar-refractivity contribution in [3.8, 4) is 5.75 Å². The van der Waals surface area contributed by atoms with E-state index in [4.69, 9.17) is 4.74 Å². The number of carbonyl (C=O) groups is 1. The Morgan fingerprint density at radius 1 is 1.00 bits per heavy atom. The third-order valence-corrected chi connectivity index (χ3v) is 8.19. The highest BCUT2D eigenvalue weighted by Gasteiger charge is 2.54. The van der Waals surface area contributed by atoms with Crippen molar-refractivity contribution in [2.45, 2.75) is 51.6 Å². The van der Waals surface area contributed by atoms with Crippen LogP contribution >= 0.6 is 0 Å². The zero-order valence-electron chi connectivity index (χ0n) is 18.6. The average molecular weight is 429 g/mol. The quantitative estimate of drug-likeness (QED) is 0.513. The molecular weight excluding hydrogens is 396 g/mol. The predicted octanol–water partition coefficient (Wildman–Crippen LogP) is 5.62. The molecule has 32 heavy (non-hydrogen) atoms. The number of H-pyrrole nitrogens is 1. The summed E-state index contributed by atoms with van der Waals surface area (Å²) in [6, 6.07) is 16.4. The van der Waals surface area contributed by atoms with Gasteiger partial charge in [-0.1, -0.05) is 30.3 Å². The van der Waals surface area contributed by atoms with Gasteiger partial charge >= 0.3 is 0 Å². The van der Waals surface area contributed by atoms with E-state index in [0.717, 1.165) is 60.3 Å². The molecule has 3 aromatic rings. The van der Waals surface area contributed by atoms with E-state index >= 15 is 0 Å². The molecule has 2 N–H and O–H groups in total. The Morgan fingerprint density at radius 2 is 1.72 bits per heavy atom. The van der Waals surface area contributed by atoms with Crippen LogP contribution in [0.5, 0.6) is 5.75 Å². The molecule has 166 valence electrons. The molecule has 4 fully saturated rings. The van der Waals surface area contributed by atoms with Crippen LogP contribution in [0, 0.1) is 23.2 Å². The van der Waals surface area contributed by atoms with Crippen molar-refractivity contribution < 1.29 is 9.53 Å². The van der Waals surface area contributed by atoms with Gasteiger partial charge in [0.15, 0.2) is 0 Å². The number of ether oxygens (including phenoxy) is 1. The topological polar surface area (TPSA) is 54.1 Å². The minimum atomic E-state index is -0.0556. The summed E-state index contributed by atoms with van der Waals surface area (Å²) in [5.74, 6) is 3.61. The van der Waals surface area contributed by atoms with Crippen molar-refractivity contribution in [2.24, 2.45) is 23.2 Å². The Hall–Kier alpha value is -2.75. The molecule has 2 aromatic carbocycles. The molecule has 4 bridgehead atoms. The number of nitrogens with one attached hydrogen (secondary N) is 2. The van der Waals surface area contributed by atoms with Gasteiger partial charge in [-0.15, -0.1) is 0 Å². The number of aromatic amines is 1. The first-order valence-corrected chi connectivity index (χ1v) is 12.2. The van der Waals surface area contributed by atoms with E-state index in [1.54, 1.807) is 0 Å². The fraction of sp³-hybridized carbons (Fsp3) is 0.464. The first kappa shape index (κ1) is 19.9. The Bertz CT molecular complexity index is 1080. The number of amides is 1. The minimum absolute atomic E-state index is 0.0556. The lowest BCUT2D eigenvalue weighted by Gasteiger charge is -2.55. The van der Waals surface area contributed by atoms with E-state index in [9.17, 15) is 4.79 Å². The zero-order chi connectivity index (χ0) is 21.5. The third kappa shape index (κ3) is 3.70. The maximum atomic E-state index is 13.2. The molecule has 0 atom stereocenters. The van der Waals surface area contributed by atoms with Gasteiger partial charge in [0.2, 0.25) is 5.91 Å². The molecule has 0 spiro atoms. The monoisotopic (exact) mass is 428 g/mol. The lowest BCUT2D eigenvalue weighted by atomic mass is 9.49. The maximum Gasteiger partial charge on any atom is 0.226 e. The molecule has 0 saturated heterocycles. The van der Waals surface area contributed by atoms with Crippen LogP contribution in [-0.4, -0.2) is 17.4 Å². The summed E-state index contributed by atoms with van der Waals surface area (Å²) in [6.07, 6.45) is 10.4. The lowest BCUT2D eigenvalue weighted by Crippen LogP contribution is -2.53. The van der Waals surface area contributed by atoms with Crippen molar-refractivity contribution in [2.75, 3.05) is 6.54 Å². The fourth-order valence-corrected chi connectivity index (χ4v) is 7.09. The zero-order valence-corrected chi connectivity index (χ0v) is 18.6. The number of benzene rings is 2. The second-order valence-corrected chi connectivity index (χ2v) is 10.5. The van der Waals surface area contributed by atoms with Gasteiger partial charge in [0.25, 0.3) is 0 Å². The average Bonchev–Trinajstić information content (AvgIpc) is 3.20. The van der Waals surface area contributed by atoms with Crippen LogP contribution in [-0.2, 0) is 17.8 Å². The summed E-state index contributed by atoms with van der Waals surface area (Å²) in [5, 5.41) is 4.52. The van der Waals surface area contributed by atoms with E-state index < -0.39 is 0 Å². The SMILES string of the molecule is O=C(NCCc1c[nH]c2cc(OCc3ccccc3)ccc12)C12CC3CC(CC(C3)C1)C2. The lowest BCUT2D eigenvalue weighted by molar-refractivity contribution is -0.146. The number of hydrogen-bond acceptors (Lipinski definition) is 2. The number of fused-ring (bicyclic) bond motifs is 1. The van der Waals surface area contributed by atoms with E-state index in [1.807, 2.05) is 24.3 Å². The Kier molecular flexibility index (Phi) is 4.97. The standard InChI is InChI=1S/C28H32N2O2/c31-27(28-14-20-10-21(15-28)12-22(11-20)16-28)29-9-8-23-17-30-26-13-24(6-7-25(23)26)32-18-19-4-2-1-3-5-19/h1-7,13,17,20-22,30H,8-12,14-16,18H2,(H,29,31). The highest BCUT2D eigenvalue weighted by atomic mass is 16.5. The second-order valence-electron chi connectivity index (χ2n) is 10.5. The van der Waals surface area contributed by atoms with Gasteiger partial charge in [0.05, 0.1) is 0 Å². The maximum absolute atomic E-state index is 13.2. The molecule has 0 radical (unpaired) electrons. The van der Waals surface area contributed by atoms with Gasteiger partial charge < -0.3 is 15.0 Å². The van der Waals surface area contributed by atoms with Gasteiger partial charge in [-0.3, -0.25) is 4.79 Å². The van der Waals surface area contributed by atoms with E-state index in [0.29, 0.717) is 19.1 Å². The fourth-order valence-electron chi connectivity index (χ4n) is 7.09. The van der Waals surface area contributed by atoms with Crippen LogP contribution in [0.4, 0.5) is 0 Å². The molecule has 1 aromatic heterocycles. The molecule has 1 heterocycles. The Morgan fingerprint density at radius 3 is 2.44 bits per heavy atom. The number of hydrogen-bond donors (Lipinski definition) is 2. The van der Waals surface area contributed by atoms with Crippen molar-refractivity contribution in [3.63, 3.8) is 0 Å². The van der Waals surface area contributed by atoms with Gasteiger partial charge in [-0.25, -0.2) is 0 Å². The predicted molar refractivity (Wildman–Crippen MR) is 126 cm³/mol. The van der Waals surface area contributed by atoms with Crippen molar-refractivity contribution in [1.29, 1.82) is 0 Å². The van der Waals surface area contributed by atoms with Crippen molar-refractivity contribution >= 4 is 16.8 Å². The first-order valence-electron chi connectivity index (χ1n) is 12.2. The summed E-state index contributed by atoms with van der Waals surface area (Å²) < 4.78 is 5.96. The summed E-state index contributed by atoms with van der Waals surface area (Å²) in [5.41, 5.74) is 3.44. The molecule has 0 unspecified atom stereocenters. The van der Waals surface area contributed by atoms with Crippen molar-refractivity contribution in [3.05, 3.63) is 65.9 Å². The minimum Gasteiger partial charge on any atom is -0.489 e. The van der Waals surface area contributed by atoms with E-state index in [2.05, 4.69) is 40.8 Å². The second kappa shape index (κ2) is 7.99. The van der Waals surface area contributed by atoms with Crippen LogP contribution in [0.25, 0.3) is 10.9 Å². The Balaban J connectivity index is 1.06. The molecule has 4 aliphatic carbocycles. The van der Waals surface area contributed by atoms with Crippen molar-refractivity contribution in [1.82, 2.24) is 10.3 Å². The highest BCUT2D eigenvalue weighted by molar-refractivity contribution is 5.85. The summed E-state index contributed by atoms with van der Waals surface area (Å²) >= 11 is 0. The molecule has 1 amide bonds. The highest BCUT2D eigenvalue weighted by Crippen LogP contribution is 2.60. The van der Waals surface area contributed by atoms with Gasteiger partial charge in [0, 0.05) is 35.1 Å². The summed E-state index contributed by atoms with van der Waals surface area (Å²) in [4.78, 5) is 16.6.